The Bertz CT molecular complexity index is 340. The Labute approximate surface area is 95.4 Å². The minimum Gasteiger partial charge on any atom is -0.477 e. The van der Waals surface area contributed by atoms with E-state index in [1.165, 1.54) is 12.8 Å². The largest absolute Gasteiger partial charge is 0.477 e. The van der Waals surface area contributed by atoms with E-state index in [0.717, 1.165) is 12.2 Å². The molecule has 4 nitrogen and oxygen atoms in total. The molecule has 2 rings (SSSR count). The summed E-state index contributed by atoms with van der Waals surface area (Å²) >= 11 is 0. The molecule has 0 aliphatic heterocycles. The Morgan fingerprint density at radius 1 is 1.56 bits per heavy atom. The molecule has 1 aromatic rings. The number of ether oxygens (including phenoxy) is 1. The lowest BCUT2D eigenvalue weighted by atomic mass is 10.1. The number of nitrogens with two attached hydrogens (primary N) is 1. The molecule has 4 heteroatoms. The van der Waals surface area contributed by atoms with Crippen LogP contribution in [0.15, 0.2) is 18.3 Å². The second-order valence-electron chi connectivity index (χ2n) is 4.37. The van der Waals surface area contributed by atoms with E-state index in [4.69, 9.17) is 15.6 Å². The second kappa shape index (κ2) is 5.27. The van der Waals surface area contributed by atoms with E-state index in [1.807, 2.05) is 12.1 Å². The molecule has 16 heavy (non-hydrogen) atoms. The zero-order chi connectivity index (χ0) is 11.4. The first-order chi connectivity index (χ1) is 7.79. The minimum absolute atomic E-state index is 0.0169. The summed E-state index contributed by atoms with van der Waals surface area (Å²) in [6.07, 6.45) is 4.84. The molecule has 1 atom stereocenters. The summed E-state index contributed by atoms with van der Waals surface area (Å²) in [5.74, 6) is 1.37. The van der Waals surface area contributed by atoms with Crippen LogP contribution in [0.25, 0.3) is 0 Å². The summed E-state index contributed by atoms with van der Waals surface area (Å²) in [6, 6.07) is 3.57. The van der Waals surface area contributed by atoms with E-state index < -0.39 is 0 Å². The molecule has 1 heterocycles. The molecule has 88 valence electrons. The van der Waals surface area contributed by atoms with Gasteiger partial charge in [0.2, 0.25) is 5.88 Å². The SMILES string of the molecule is NC(CO)Cc1cccnc1OCC1CC1. The van der Waals surface area contributed by atoms with Crippen LogP contribution < -0.4 is 10.5 Å². The Balaban J connectivity index is 1.97. The van der Waals surface area contributed by atoms with E-state index in [1.54, 1.807) is 6.20 Å². The third-order valence-corrected chi connectivity index (χ3v) is 2.72. The molecule has 0 aromatic carbocycles. The molecule has 0 spiro atoms. The fourth-order valence-corrected chi connectivity index (χ4v) is 1.54. The van der Waals surface area contributed by atoms with E-state index in [-0.39, 0.29) is 12.6 Å². The smallest absolute Gasteiger partial charge is 0.216 e. The van der Waals surface area contributed by atoms with Crippen LogP contribution in [0.3, 0.4) is 0 Å². The number of rotatable bonds is 6. The van der Waals surface area contributed by atoms with Gasteiger partial charge in [-0.25, -0.2) is 4.98 Å². The van der Waals surface area contributed by atoms with Crippen LogP contribution in [0.1, 0.15) is 18.4 Å². The molecule has 1 aliphatic rings. The van der Waals surface area contributed by atoms with Gasteiger partial charge in [0.25, 0.3) is 0 Å². The van der Waals surface area contributed by atoms with Crippen molar-refractivity contribution in [1.82, 2.24) is 4.98 Å². The molecule has 3 N–H and O–H groups in total. The summed E-state index contributed by atoms with van der Waals surface area (Å²) in [5.41, 5.74) is 6.69. The van der Waals surface area contributed by atoms with Crippen molar-refractivity contribution in [3.05, 3.63) is 23.9 Å². The van der Waals surface area contributed by atoms with Gasteiger partial charge in [-0.05, 0) is 31.2 Å². The van der Waals surface area contributed by atoms with Crippen molar-refractivity contribution in [3.8, 4) is 5.88 Å². The van der Waals surface area contributed by atoms with Crippen LogP contribution in [-0.4, -0.2) is 29.3 Å². The highest BCUT2D eigenvalue weighted by Gasteiger charge is 2.22. The van der Waals surface area contributed by atoms with Gasteiger partial charge in [0, 0.05) is 17.8 Å². The van der Waals surface area contributed by atoms with Crippen LogP contribution in [0.2, 0.25) is 0 Å². The number of nitrogens with zero attached hydrogens (tertiary/aromatic N) is 1. The lowest BCUT2D eigenvalue weighted by Crippen LogP contribution is -2.27. The first-order valence-corrected chi connectivity index (χ1v) is 5.72. The zero-order valence-electron chi connectivity index (χ0n) is 9.30. The van der Waals surface area contributed by atoms with Crippen molar-refractivity contribution in [2.24, 2.45) is 11.7 Å². The van der Waals surface area contributed by atoms with Crippen molar-refractivity contribution >= 4 is 0 Å². The van der Waals surface area contributed by atoms with Crippen molar-refractivity contribution in [3.63, 3.8) is 0 Å². The first kappa shape index (κ1) is 11.4. The maximum absolute atomic E-state index is 8.93. The predicted octanol–water partition coefficient (Wildman–Crippen LogP) is 0.732. The quantitative estimate of drug-likeness (QED) is 0.744. The molecule has 1 aliphatic carbocycles. The average molecular weight is 222 g/mol. The van der Waals surface area contributed by atoms with E-state index in [2.05, 4.69) is 4.98 Å². The highest BCUT2D eigenvalue weighted by molar-refractivity contribution is 5.26. The standard InChI is InChI=1S/C12H18N2O2/c13-11(7-15)6-10-2-1-5-14-12(10)16-8-9-3-4-9/h1-2,5,9,11,15H,3-4,6-8,13H2. The molecule has 1 aromatic heterocycles. The van der Waals surface area contributed by atoms with E-state index in [9.17, 15) is 0 Å². The Kier molecular flexibility index (Phi) is 3.74. The topological polar surface area (TPSA) is 68.4 Å². The molecule has 1 saturated carbocycles. The molecular formula is C12H18N2O2. The summed E-state index contributed by atoms with van der Waals surface area (Å²) in [4.78, 5) is 4.21. The number of aliphatic hydroxyl groups excluding tert-OH is 1. The van der Waals surface area contributed by atoms with Gasteiger partial charge in [-0.2, -0.15) is 0 Å². The monoisotopic (exact) mass is 222 g/mol. The zero-order valence-corrected chi connectivity index (χ0v) is 9.30. The van der Waals surface area contributed by atoms with Gasteiger partial charge >= 0.3 is 0 Å². The predicted molar refractivity (Wildman–Crippen MR) is 61.2 cm³/mol. The number of pyridine rings is 1. The fourth-order valence-electron chi connectivity index (χ4n) is 1.54. The summed E-state index contributed by atoms with van der Waals surface area (Å²) < 4.78 is 5.66. The minimum atomic E-state index is -0.243. The molecule has 1 fully saturated rings. The second-order valence-corrected chi connectivity index (χ2v) is 4.37. The number of aliphatic hydroxyl groups is 1. The summed E-state index contributed by atoms with van der Waals surface area (Å²) in [5, 5.41) is 8.93. The molecule has 0 radical (unpaired) electrons. The maximum Gasteiger partial charge on any atom is 0.216 e. The average Bonchev–Trinajstić information content (AvgIpc) is 3.11. The third kappa shape index (κ3) is 3.18. The van der Waals surface area contributed by atoms with Crippen LogP contribution in [0.4, 0.5) is 0 Å². The highest BCUT2D eigenvalue weighted by atomic mass is 16.5. The molecule has 0 amide bonds. The lowest BCUT2D eigenvalue weighted by molar-refractivity contribution is 0.260. The van der Waals surface area contributed by atoms with Gasteiger partial charge in [0.15, 0.2) is 0 Å². The molecule has 0 bridgehead atoms. The Morgan fingerprint density at radius 3 is 3.06 bits per heavy atom. The molecular weight excluding hydrogens is 204 g/mol. The van der Waals surface area contributed by atoms with Gasteiger partial charge in [-0.1, -0.05) is 6.07 Å². The summed E-state index contributed by atoms with van der Waals surface area (Å²) in [6.45, 7) is 0.731. The van der Waals surface area contributed by atoms with Gasteiger partial charge in [-0.3, -0.25) is 0 Å². The van der Waals surface area contributed by atoms with Gasteiger partial charge in [0.05, 0.1) is 13.2 Å². The van der Waals surface area contributed by atoms with Crippen molar-refractivity contribution in [2.75, 3.05) is 13.2 Å². The third-order valence-electron chi connectivity index (χ3n) is 2.72. The van der Waals surface area contributed by atoms with E-state index in [0.29, 0.717) is 18.2 Å². The summed E-state index contributed by atoms with van der Waals surface area (Å²) in [7, 11) is 0. The Morgan fingerprint density at radius 2 is 2.38 bits per heavy atom. The van der Waals surface area contributed by atoms with Gasteiger partial charge < -0.3 is 15.6 Å². The van der Waals surface area contributed by atoms with Gasteiger partial charge in [0.1, 0.15) is 0 Å². The first-order valence-electron chi connectivity index (χ1n) is 5.72. The van der Waals surface area contributed by atoms with Crippen molar-refractivity contribution < 1.29 is 9.84 Å². The van der Waals surface area contributed by atoms with Crippen LogP contribution in [0.5, 0.6) is 5.88 Å². The maximum atomic E-state index is 8.93. The lowest BCUT2D eigenvalue weighted by Gasteiger charge is -2.12. The van der Waals surface area contributed by atoms with E-state index >= 15 is 0 Å². The highest BCUT2D eigenvalue weighted by Crippen LogP contribution is 2.29. The van der Waals surface area contributed by atoms with Crippen LogP contribution >= 0.6 is 0 Å². The fraction of sp³-hybridized carbons (Fsp3) is 0.583. The van der Waals surface area contributed by atoms with Crippen molar-refractivity contribution in [2.45, 2.75) is 25.3 Å². The Hall–Kier alpha value is -1.13. The number of aromatic nitrogens is 1. The molecule has 1 unspecified atom stereocenters. The van der Waals surface area contributed by atoms with Crippen molar-refractivity contribution in [1.29, 1.82) is 0 Å². The normalized spacial score (nSPS) is 17.1. The number of hydrogen-bond acceptors (Lipinski definition) is 4. The van der Waals surface area contributed by atoms with Crippen LogP contribution in [-0.2, 0) is 6.42 Å². The van der Waals surface area contributed by atoms with Crippen LogP contribution in [0, 0.1) is 5.92 Å². The van der Waals surface area contributed by atoms with Gasteiger partial charge in [-0.15, -0.1) is 0 Å². The molecule has 0 saturated heterocycles. The number of hydrogen-bond donors (Lipinski definition) is 2.